The molecule has 0 fully saturated rings. The van der Waals surface area contributed by atoms with Gasteiger partial charge in [0, 0.05) is 0 Å². The smallest absolute Gasteiger partial charge is 0.356 e. The predicted octanol–water partition coefficient (Wildman–Crippen LogP) is -0.239. The van der Waals surface area contributed by atoms with Gasteiger partial charge < -0.3 is 15.3 Å². The standard InChI is InChI=1S/NO3.U/c2-1(3)4;/q-1;+2. The zero-order valence-electron chi connectivity index (χ0n) is 2.17. The first-order valence-electron chi connectivity index (χ1n) is 0.548. The molecule has 0 aromatic carbocycles. The summed E-state index contributed by atoms with van der Waals surface area (Å²) in [6.07, 6.45) is 0. The summed E-state index contributed by atoms with van der Waals surface area (Å²) in [6, 6.07) is 0. The molecule has 0 spiro atoms. The molecule has 0 heterocycles. The molecule has 0 aliphatic rings. The van der Waals surface area contributed by atoms with Gasteiger partial charge in [0.2, 0.25) is 0 Å². The van der Waals surface area contributed by atoms with Gasteiger partial charge in [0.15, 0.2) is 0 Å². The molecule has 4 nitrogen and oxygen atoms in total. The Bertz CT molecular complexity index is 29.9. The van der Waals surface area contributed by atoms with Crippen LogP contribution in [0.3, 0.4) is 0 Å². The largest absolute Gasteiger partial charge is 2.00 e. The molecule has 0 saturated heterocycles. The minimum absolute atomic E-state index is 0. The number of nitrogens with zero attached hydrogens (tertiary/aromatic N) is 1. The summed E-state index contributed by atoms with van der Waals surface area (Å²) in [6.45, 7) is 0. The Morgan fingerprint density at radius 1 is 1.40 bits per heavy atom. The maximum atomic E-state index is 8.25. The van der Waals surface area contributed by atoms with E-state index in [0.29, 0.717) is 0 Å². The van der Waals surface area contributed by atoms with E-state index in [-0.39, 0.29) is 31.1 Å². The van der Waals surface area contributed by atoms with E-state index in [4.69, 9.17) is 15.3 Å². The fraction of sp³-hybridized carbons (Fsp3) is 0. The van der Waals surface area contributed by atoms with Crippen LogP contribution < -0.4 is 0 Å². The average Bonchev–Trinajstić information content (AvgIpc) is 0.811. The van der Waals surface area contributed by atoms with Crippen LogP contribution in [0.1, 0.15) is 0 Å². The van der Waals surface area contributed by atoms with Crippen LogP contribution >= 0.6 is 0 Å². The molecule has 0 rings (SSSR count). The zero-order valence-corrected chi connectivity index (χ0v) is 6.34. The molecule has 0 aromatic rings. The van der Waals surface area contributed by atoms with Crippen molar-refractivity contribution in [3.63, 3.8) is 0 Å². The Morgan fingerprint density at radius 3 is 1.40 bits per heavy atom. The van der Waals surface area contributed by atoms with Gasteiger partial charge >= 0.3 is 31.1 Å². The monoisotopic (exact) mass is 300 g/mol. The molecule has 26 valence electrons. The molecule has 0 aromatic heterocycles. The number of rotatable bonds is 0. The Balaban J connectivity index is 0. The molecule has 0 saturated carbocycles. The third kappa shape index (κ3) is 340. The van der Waals surface area contributed by atoms with Crippen LogP contribution in [0.5, 0.6) is 0 Å². The van der Waals surface area contributed by atoms with Crippen molar-refractivity contribution in [1.29, 1.82) is 0 Å². The fourth-order valence-corrected chi connectivity index (χ4v) is 0. The van der Waals surface area contributed by atoms with Crippen molar-refractivity contribution >= 4 is 0 Å². The SMILES string of the molecule is O=[N+]([O-])[O-].[U+2]. The van der Waals surface area contributed by atoms with Crippen molar-refractivity contribution in [3.8, 4) is 0 Å². The second-order valence-electron chi connectivity index (χ2n) is 0.224. The van der Waals surface area contributed by atoms with E-state index in [1.807, 2.05) is 0 Å². The summed E-state index contributed by atoms with van der Waals surface area (Å²) in [5.74, 6) is 0. The van der Waals surface area contributed by atoms with E-state index in [1.54, 1.807) is 0 Å². The Kier molecular flexibility index (Phi) is 7.64. The average molecular weight is 300 g/mol. The van der Waals surface area contributed by atoms with Gasteiger partial charge in [0.1, 0.15) is 0 Å². The van der Waals surface area contributed by atoms with E-state index in [2.05, 4.69) is 0 Å². The maximum absolute atomic E-state index is 8.25. The summed E-state index contributed by atoms with van der Waals surface area (Å²) in [4.78, 5) is 8.25. The third-order valence-corrected chi connectivity index (χ3v) is 0. The summed E-state index contributed by atoms with van der Waals surface area (Å²) in [7, 11) is 0. The molecule has 0 radical (unpaired) electrons. The minimum atomic E-state index is -1.75. The predicted molar refractivity (Wildman–Crippen MR) is 10.4 cm³/mol. The third-order valence-electron chi connectivity index (χ3n) is 0. The van der Waals surface area contributed by atoms with Gasteiger partial charge in [-0.15, -0.1) is 0 Å². The van der Waals surface area contributed by atoms with Crippen LogP contribution in [0.2, 0.25) is 0 Å². The Morgan fingerprint density at radius 2 is 1.40 bits per heavy atom. The van der Waals surface area contributed by atoms with E-state index in [0.717, 1.165) is 0 Å². The molecular formula is NO3U+. The van der Waals surface area contributed by atoms with Crippen LogP contribution in [0.4, 0.5) is 0 Å². The fourth-order valence-electron chi connectivity index (χ4n) is 0. The van der Waals surface area contributed by atoms with Crippen molar-refractivity contribution in [1.82, 2.24) is 0 Å². The van der Waals surface area contributed by atoms with Gasteiger partial charge in [0.25, 0.3) is 0 Å². The van der Waals surface area contributed by atoms with Crippen LogP contribution in [0, 0.1) is 46.4 Å². The van der Waals surface area contributed by atoms with Crippen molar-refractivity contribution in [3.05, 3.63) is 15.3 Å². The van der Waals surface area contributed by atoms with Gasteiger partial charge in [-0.05, 0) is 0 Å². The van der Waals surface area contributed by atoms with Crippen LogP contribution in [-0.2, 0) is 0 Å². The summed E-state index contributed by atoms with van der Waals surface area (Å²) in [5.41, 5.74) is 0. The molecule has 0 N–H and O–H groups in total. The minimum Gasteiger partial charge on any atom is -0.356 e. The first-order chi connectivity index (χ1) is 1.73. The van der Waals surface area contributed by atoms with Gasteiger partial charge in [0.05, 0.1) is 5.09 Å². The van der Waals surface area contributed by atoms with Gasteiger partial charge in [-0.25, -0.2) is 0 Å². The molecule has 0 amide bonds. The Hall–Kier alpha value is 0.252. The molecule has 5 heavy (non-hydrogen) atoms. The second-order valence-corrected chi connectivity index (χ2v) is 0.224. The molecule has 0 atom stereocenters. The van der Waals surface area contributed by atoms with Crippen LogP contribution in [0.25, 0.3) is 0 Å². The second kappa shape index (κ2) is 4.25. The van der Waals surface area contributed by atoms with Gasteiger partial charge in [-0.1, -0.05) is 0 Å². The van der Waals surface area contributed by atoms with E-state index in [9.17, 15) is 0 Å². The molecule has 0 aliphatic heterocycles. The maximum Gasteiger partial charge on any atom is 2.00 e. The Labute approximate surface area is 51.7 Å². The van der Waals surface area contributed by atoms with Gasteiger partial charge in [-0.2, -0.15) is 0 Å². The molecule has 0 bridgehead atoms. The zero-order chi connectivity index (χ0) is 3.58. The van der Waals surface area contributed by atoms with E-state index in [1.165, 1.54) is 0 Å². The van der Waals surface area contributed by atoms with Crippen molar-refractivity contribution in [2.45, 2.75) is 0 Å². The van der Waals surface area contributed by atoms with E-state index < -0.39 is 5.09 Å². The molecule has 0 aliphatic carbocycles. The molecule has 5 heteroatoms. The summed E-state index contributed by atoms with van der Waals surface area (Å²) < 4.78 is 0. The number of hydrogen-bond acceptors (Lipinski definition) is 3. The number of hydrogen-bond donors (Lipinski definition) is 0. The van der Waals surface area contributed by atoms with Crippen molar-refractivity contribution < 1.29 is 36.2 Å². The van der Waals surface area contributed by atoms with Crippen molar-refractivity contribution in [2.75, 3.05) is 0 Å². The van der Waals surface area contributed by atoms with E-state index >= 15 is 0 Å². The van der Waals surface area contributed by atoms with Gasteiger partial charge in [-0.3, -0.25) is 0 Å². The quantitative estimate of drug-likeness (QED) is 0.458. The first-order valence-corrected chi connectivity index (χ1v) is 0.548. The topological polar surface area (TPSA) is 66.2 Å². The summed E-state index contributed by atoms with van der Waals surface area (Å²) in [5, 5.41) is 14.8. The van der Waals surface area contributed by atoms with Crippen LogP contribution in [-0.4, -0.2) is 5.09 Å². The van der Waals surface area contributed by atoms with Crippen molar-refractivity contribution in [2.24, 2.45) is 0 Å². The molecule has 0 unspecified atom stereocenters. The normalized spacial score (nSPS) is 4.80. The molecular weight excluding hydrogens is 300 g/mol. The first kappa shape index (κ1) is 8.98. The van der Waals surface area contributed by atoms with Crippen LogP contribution in [0.15, 0.2) is 0 Å². The summed E-state index contributed by atoms with van der Waals surface area (Å²) >= 11 is 0.